The highest BCUT2D eigenvalue weighted by molar-refractivity contribution is 7.61. The van der Waals surface area contributed by atoms with Gasteiger partial charge in [0.15, 0.2) is 0 Å². The van der Waals surface area contributed by atoms with Gasteiger partial charge in [0, 0.05) is 8.58 Å². The lowest BCUT2D eigenvalue weighted by molar-refractivity contribution is 0.377. The van der Waals surface area contributed by atoms with Crippen LogP contribution in [-0.2, 0) is 9.13 Å². The van der Waals surface area contributed by atoms with Gasteiger partial charge in [-0.05, 0) is 36.4 Å². The minimum atomic E-state index is -4.46. The Morgan fingerprint density at radius 2 is 1.36 bits per heavy atom. The Bertz CT molecular complexity index is 955. The van der Waals surface area contributed by atoms with Crippen LogP contribution in [0.3, 0.4) is 0 Å². The second kappa shape index (κ2) is 6.93. The topological polar surface area (TPSA) is 130 Å². The van der Waals surface area contributed by atoms with E-state index in [2.05, 4.69) is 0 Å². The summed E-state index contributed by atoms with van der Waals surface area (Å²) in [6.45, 7) is 0. The van der Waals surface area contributed by atoms with Crippen molar-refractivity contribution in [1.82, 2.24) is 0 Å². The van der Waals surface area contributed by atoms with Crippen LogP contribution in [0.4, 0.5) is 0 Å². The molecule has 132 valence electrons. The molecule has 3 N–H and O–H groups in total. The zero-order chi connectivity index (χ0) is 18.1. The molecule has 0 bridgehead atoms. The van der Waals surface area contributed by atoms with E-state index >= 15 is 0 Å². The van der Waals surface area contributed by atoms with Crippen molar-refractivity contribution in [3.8, 4) is 5.75 Å². The van der Waals surface area contributed by atoms with Crippen LogP contribution in [0.15, 0.2) is 63.4 Å². The van der Waals surface area contributed by atoms with Crippen LogP contribution in [-0.4, -0.2) is 14.7 Å². The Morgan fingerprint density at radius 3 is 1.92 bits per heavy atom. The zero-order valence-electron chi connectivity index (χ0n) is 12.5. The summed E-state index contributed by atoms with van der Waals surface area (Å²) < 4.78 is 38.9. The highest BCUT2D eigenvalue weighted by Gasteiger charge is 2.29. The molecular weight excluding hydrogens is 389 g/mol. The number of para-hydroxylation sites is 1. The maximum atomic E-state index is 12.3. The largest absolute Gasteiger partial charge is 0.448 e. The van der Waals surface area contributed by atoms with Gasteiger partial charge in [-0.3, -0.25) is 4.57 Å². The Hall–Kier alpha value is -1.65. The molecule has 8 nitrogen and oxygen atoms in total. The fraction of sp³-hybridized carbons (Fsp3) is 0. The first kappa shape index (κ1) is 18.2. The highest BCUT2D eigenvalue weighted by atomic mass is 31.2. The first-order valence-corrected chi connectivity index (χ1v) is 11.0. The molecule has 0 radical (unpaired) electrons. The molecule has 3 rings (SSSR count). The van der Waals surface area contributed by atoms with Crippen molar-refractivity contribution in [3.05, 3.63) is 54.6 Å². The lowest BCUT2D eigenvalue weighted by atomic mass is 10.3. The third-order valence-corrected chi connectivity index (χ3v) is 6.07. The number of hydrogen-bond acceptors (Lipinski definition) is 5. The molecule has 25 heavy (non-hydrogen) atoms. The first-order chi connectivity index (χ1) is 11.7. The summed E-state index contributed by atoms with van der Waals surface area (Å²) in [6, 6.07) is 13.6. The molecule has 3 aromatic rings. The summed E-state index contributed by atoms with van der Waals surface area (Å²) in [5, 5.41) is 0. The highest BCUT2D eigenvalue weighted by Crippen LogP contribution is 2.41. The van der Waals surface area contributed by atoms with Crippen LogP contribution in [0.1, 0.15) is 0 Å². The van der Waals surface area contributed by atoms with Crippen molar-refractivity contribution < 1.29 is 37.2 Å². The molecule has 0 saturated heterocycles. The third kappa shape index (κ3) is 4.50. The number of rotatable bonds is 6. The van der Waals surface area contributed by atoms with Gasteiger partial charge in [0.25, 0.3) is 0 Å². The van der Waals surface area contributed by atoms with E-state index in [0.29, 0.717) is 5.50 Å². The van der Waals surface area contributed by atoms with Crippen LogP contribution >= 0.6 is 23.8 Å². The molecule has 11 heteroatoms. The van der Waals surface area contributed by atoms with Crippen molar-refractivity contribution in [2.75, 3.05) is 0 Å². The second-order valence-electron chi connectivity index (χ2n) is 4.87. The molecule has 2 heterocycles. The standard InChI is InChI=1S/C14H13O8P3/c15-24(16,17)13-8-6-11(20-13)23-12-7-9-14(21-12)25(18,19)22-10-4-2-1-3-5-10/h1-9,23H,(H,18,19)(H2,15,16,17). The number of hydrogen-bond donors (Lipinski definition) is 3. The lowest BCUT2D eigenvalue weighted by Gasteiger charge is -2.10. The maximum absolute atomic E-state index is 12.3. The second-order valence-corrected chi connectivity index (χ2v) is 9.30. The SMILES string of the molecule is O=P(O)(O)c1ccc(Pc2ccc(P(=O)(O)Oc3ccccc3)o2)o1. The van der Waals surface area contributed by atoms with E-state index in [0.717, 1.165) is 0 Å². The van der Waals surface area contributed by atoms with Crippen molar-refractivity contribution in [3.63, 3.8) is 0 Å². The summed E-state index contributed by atoms with van der Waals surface area (Å²) in [5.74, 6) is 0.228. The van der Waals surface area contributed by atoms with Crippen molar-refractivity contribution in [1.29, 1.82) is 0 Å². The molecule has 2 atom stereocenters. The summed E-state index contributed by atoms with van der Waals surface area (Å²) in [4.78, 5) is 28.1. The molecule has 0 fully saturated rings. The van der Waals surface area contributed by atoms with Gasteiger partial charge in [-0.2, -0.15) is 0 Å². The van der Waals surface area contributed by atoms with Gasteiger partial charge < -0.3 is 28.0 Å². The van der Waals surface area contributed by atoms with E-state index in [1.54, 1.807) is 30.3 Å². The average molecular weight is 402 g/mol. The molecular formula is C14H13O8P3. The summed E-state index contributed by atoms with van der Waals surface area (Å²) in [5.41, 5.74) is -0.0915. The lowest BCUT2D eigenvalue weighted by Crippen LogP contribution is -2.08. The van der Waals surface area contributed by atoms with Crippen LogP contribution in [0.5, 0.6) is 5.75 Å². The minimum absolute atomic E-state index is 0.220. The van der Waals surface area contributed by atoms with Gasteiger partial charge in [-0.25, -0.2) is 4.57 Å². The molecule has 1 aromatic carbocycles. The van der Waals surface area contributed by atoms with Crippen molar-refractivity contribution in [2.24, 2.45) is 0 Å². The van der Waals surface area contributed by atoms with Crippen LogP contribution in [0.25, 0.3) is 0 Å². The Labute approximate surface area is 143 Å². The molecule has 2 unspecified atom stereocenters. The van der Waals surface area contributed by atoms with Gasteiger partial charge in [0.2, 0.25) is 11.0 Å². The number of benzene rings is 1. The fourth-order valence-electron chi connectivity index (χ4n) is 1.89. The molecule has 0 aliphatic rings. The van der Waals surface area contributed by atoms with Crippen LogP contribution < -0.4 is 26.5 Å². The Morgan fingerprint density at radius 1 is 0.800 bits per heavy atom. The average Bonchev–Trinajstić information content (AvgIpc) is 3.17. The molecule has 0 aliphatic heterocycles. The smallest absolute Gasteiger partial charge is 0.443 e. The quantitative estimate of drug-likeness (QED) is 0.525. The number of furan rings is 2. The third-order valence-electron chi connectivity index (χ3n) is 2.97. The molecule has 0 saturated carbocycles. The molecule has 0 amide bonds. The Balaban J connectivity index is 1.74. The van der Waals surface area contributed by atoms with E-state index in [1.165, 1.54) is 24.3 Å². The van der Waals surface area contributed by atoms with Crippen LogP contribution in [0.2, 0.25) is 0 Å². The van der Waals surface area contributed by atoms with Gasteiger partial charge in [0.05, 0.1) is 0 Å². The van der Waals surface area contributed by atoms with E-state index in [1.807, 2.05) is 0 Å². The van der Waals surface area contributed by atoms with Gasteiger partial charge in [0.1, 0.15) is 16.8 Å². The predicted molar refractivity (Wildman–Crippen MR) is 93.2 cm³/mol. The van der Waals surface area contributed by atoms with Crippen molar-refractivity contribution in [2.45, 2.75) is 0 Å². The van der Waals surface area contributed by atoms with E-state index in [4.69, 9.17) is 23.1 Å². The summed E-state index contributed by atoms with van der Waals surface area (Å²) in [6.07, 6.45) is 0. The van der Waals surface area contributed by atoms with Gasteiger partial charge in [-0.15, -0.1) is 0 Å². The van der Waals surface area contributed by atoms with E-state index in [9.17, 15) is 14.0 Å². The van der Waals surface area contributed by atoms with Crippen LogP contribution in [0, 0.1) is 0 Å². The van der Waals surface area contributed by atoms with E-state index in [-0.39, 0.29) is 25.3 Å². The molecule has 0 spiro atoms. The van der Waals surface area contributed by atoms with Gasteiger partial charge >= 0.3 is 15.2 Å². The maximum Gasteiger partial charge on any atom is 0.443 e. The Kier molecular flexibility index (Phi) is 5.03. The van der Waals surface area contributed by atoms with Gasteiger partial charge in [-0.1, -0.05) is 18.2 Å². The zero-order valence-corrected chi connectivity index (χ0v) is 15.3. The minimum Gasteiger partial charge on any atom is -0.448 e. The molecule has 0 aliphatic carbocycles. The predicted octanol–water partition coefficient (Wildman–Crippen LogP) is 1.19. The first-order valence-electron chi connectivity index (χ1n) is 6.85. The molecule has 2 aromatic heterocycles. The van der Waals surface area contributed by atoms with E-state index < -0.39 is 20.7 Å². The normalized spacial score (nSPS) is 14.7. The monoisotopic (exact) mass is 402 g/mol. The summed E-state index contributed by atoms with van der Waals surface area (Å²) >= 11 is 0. The van der Waals surface area contributed by atoms with Crippen molar-refractivity contribution >= 4 is 45.8 Å². The fourth-order valence-corrected chi connectivity index (χ4v) is 4.42. The summed E-state index contributed by atoms with van der Waals surface area (Å²) in [7, 11) is -8.87.